The Kier molecular flexibility index (Phi) is 2.82. The van der Waals surface area contributed by atoms with Crippen LogP contribution in [0, 0.1) is 0 Å². The predicted molar refractivity (Wildman–Crippen MR) is 70.6 cm³/mol. The van der Waals surface area contributed by atoms with Crippen LogP contribution in [0.3, 0.4) is 0 Å². The van der Waals surface area contributed by atoms with Crippen molar-refractivity contribution >= 4 is 11.6 Å². The van der Waals surface area contributed by atoms with Gasteiger partial charge in [0.15, 0.2) is 0 Å². The van der Waals surface area contributed by atoms with Crippen molar-refractivity contribution in [2.24, 2.45) is 0 Å². The largest absolute Gasteiger partial charge is 0.319 e. The van der Waals surface area contributed by atoms with Crippen molar-refractivity contribution in [1.29, 1.82) is 0 Å². The van der Waals surface area contributed by atoms with Crippen LogP contribution in [0.1, 0.15) is 10.4 Å². The normalized spacial score (nSPS) is 10.3. The molecule has 19 heavy (non-hydrogen) atoms. The third kappa shape index (κ3) is 2.37. The zero-order valence-corrected chi connectivity index (χ0v) is 9.92. The van der Waals surface area contributed by atoms with Gasteiger partial charge in [-0.05, 0) is 17.7 Å². The number of carbonyl (C=O) groups excluding carboxylic acids is 1. The Morgan fingerprint density at radius 1 is 0.947 bits per heavy atom. The minimum Gasteiger partial charge on any atom is -0.319 e. The first kappa shape index (κ1) is 11.2. The lowest BCUT2D eigenvalue weighted by Gasteiger charge is -2.03. The molecule has 0 spiro atoms. The first-order valence-corrected chi connectivity index (χ1v) is 5.72. The quantitative estimate of drug-likeness (QED) is 0.667. The molecule has 3 aromatic rings. The number of H-pyrrole nitrogens is 2. The summed E-state index contributed by atoms with van der Waals surface area (Å²) in [6, 6.07) is 7.32. The summed E-state index contributed by atoms with van der Waals surface area (Å²) in [5, 5.41) is 15.8. The fourth-order valence-electron chi connectivity index (χ4n) is 1.75. The molecule has 0 bridgehead atoms. The van der Waals surface area contributed by atoms with E-state index in [0.29, 0.717) is 11.3 Å². The predicted octanol–water partition coefficient (Wildman–Crippen LogP) is 2.05. The van der Waals surface area contributed by atoms with Gasteiger partial charge in [0.05, 0.1) is 18.1 Å². The van der Waals surface area contributed by atoms with Crippen molar-refractivity contribution in [3.8, 4) is 11.1 Å². The standard InChI is InChI=1S/C13H11N5O/c19-13(18-12-7-16-17-8-12)10-3-1-9(2-4-10)11-5-14-15-6-11/h1-8H,(H,14,15)(H,16,17)(H,18,19). The van der Waals surface area contributed by atoms with Crippen molar-refractivity contribution in [3.05, 3.63) is 54.6 Å². The van der Waals surface area contributed by atoms with Crippen LogP contribution in [0.2, 0.25) is 0 Å². The zero-order chi connectivity index (χ0) is 13.1. The second kappa shape index (κ2) is 4.77. The van der Waals surface area contributed by atoms with Gasteiger partial charge in [-0.15, -0.1) is 0 Å². The molecule has 0 aliphatic rings. The maximum absolute atomic E-state index is 11.9. The highest BCUT2D eigenvalue weighted by atomic mass is 16.1. The molecule has 0 radical (unpaired) electrons. The van der Waals surface area contributed by atoms with Gasteiger partial charge in [0.1, 0.15) is 0 Å². The Morgan fingerprint density at radius 2 is 1.68 bits per heavy atom. The van der Waals surface area contributed by atoms with Crippen LogP contribution >= 0.6 is 0 Å². The molecular weight excluding hydrogens is 242 g/mol. The number of carbonyl (C=O) groups is 1. The molecule has 2 heterocycles. The molecule has 6 heteroatoms. The van der Waals surface area contributed by atoms with Gasteiger partial charge < -0.3 is 5.32 Å². The summed E-state index contributed by atoms with van der Waals surface area (Å²) in [4.78, 5) is 11.9. The lowest BCUT2D eigenvalue weighted by Crippen LogP contribution is -2.11. The number of aromatic amines is 2. The van der Waals surface area contributed by atoms with E-state index in [4.69, 9.17) is 0 Å². The average molecular weight is 253 g/mol. The summed E-state index contributed by atoms with van der Waals surface area (Å²) in [6.45, 7) is 0. The van der Waals surface area contributed by atoms with E-state index in [-0.39, 0.29) is 5.91 Å². The van der Waals surface area contributed by atoms with Crippen LogP contribution in [0.4, 0.5) is 5.69 Å². The fraction of sp³-hybridized carbons (Fsp3) is 0. The number of nitrogens with zero attached hydrogens (tertiary/aromatic N) is 2. The second-order valence-corrected chi connectivity index (χ2v) is 4.01. The maximum atomic E-state index is 11.9. The lowest BCUT2D eigenvalue weighted by molar-refractivity contribution is 0.102. The monoisotopic (exact) mass is 253 g/mol. The smallest absolute Gasteiger partial charge is 0.255 e. The molecule has 1 aromatic carbocycles. The molecule has 0 saturated carbocycles. The molecule has 0 unspecified atom stereocenters. The summed E-state index contributed by atoms with van der Waals surface area (Å²) in [5.74, 6) is -0.167. The highest BCUT2D eigenvalue weighted by Crippen LogP contribution is 2.18. The summed E-state index contributed by atoms with van der Waals surface area (Å²) in [6.07, 6.45) is 6.72. The molecule has 0 atom stereocenters. The van der Waals surface area contributed by atoms with E-state index in [1.54, 1.807) is 36.9 Å². The van der Waals surface area contributed by atoms with Crippen LogP contribution in [0.5, 0.6) is 0 Å². The van der Waals surface area contributed by atoms with Crippen molar-refractivity contribution in [2.45, 2.75) is 0 Å². The fourth-order valence-corrected chi connectivity index (χ4v) is 1.75. The summed E-state index contributed by atoms with van der Waals surface area (Å²) < 4.78 is 0. The van der Waals surface area contributed by atoms with Crippen LogP contribution < -0.4 is 5.32 Å². The Balaban J connectivity index is 1.77. The Bertz CT molecular complexity index is 656. The van der Waals surface area contributed by atoms with Crippen LogP contribution in [-0.2, 0) is 0 Å². The average Bonchev–Trinajstić information content (AvgIpc) is 3.12. The SMILES string of the molecule is O=C(Nc1cn[nH]c1)c1ccc(-c2cn[nH]c2)cc1. The number of amides is 1. The van der Waals surface area contributed by atoms with E-state index in [9.17, 15) is 4.79 Å². The highest BCUT2D eigenvalue weighted by molar-refractivity contribution is 6.04. The number of benzene rings is 1. The maximum Gasteiger partial charge on any atom is 0.255 e. The first-order valence-electron chi connectivity index (χ1n) is 5.72. The van der Waals surface area contributed by atoms with Crippen LogP contribution in [0.15, 0.2) is 49.1 Å². The van der Waals surface area contributed by atoms with Gasteiger partial charge in [0.25, 0.3) is 5.91 Å². The van der Waals surface area contributed by atoms with Gasteiger partial charge in [-0.2, -0.15) is 10.2 Å². The molecule has 0 aliphatic carbocycles. The molecule has 6 nitrogen and oxygen atoms in total. The first-order chi connectivity index (χ1) is 9.33. The molecule has 1 amide bonds. The molecule has 0 saturated heterocycles. The second-order valence-electron chi connectivity index (χ2n) is 4.01. The molecule has 2 aromatic heterocycles. The van der Waals surface area contributed by atoms with Crippen LogP contribution in [-0.4, -0.2) is 26.3 Å². The number of nitrogens with one attached hydrogen (secondary N) is 3. The third-order valence-corrected chi connectivity index (χ3v) is 2.73. The van der Waals surface area contributed by atoms with E-state index < -0.39 is 0 Å². The summed E-state index contributed by atoms with van der Waals surface area (Å²) in [7, 11) is 0. The van der Waals surface area contributed by atoms with Gasteiger partial charge in [0, 0.05) is 23.5 Å². The minimum atomic E-state index is -0.167. The topological polar surface area (TPSA) is 86.5 Å². The van der Waals surface area contributed by atoms with E-state index in [1.165, 1.54) is 0 Å². The van der Waals surface area contributed by atoms with Crippen molar-refractivity contribution in [1.82, 2.24) is 20.4 Å². The van der Waals surface area contributed by atoms with Crippen LogP contribution in [0.25, 0.3) is 11.1 Å². The number of aromatic nitrogens is 4. The van der Waals surface area contributed by atoms with E-state index in [1.807, 2.05) is 12.1 Å². The third-order valence-electron chi connectivity index (χ3n) is 2.73. The molecule has 3 rings (SSSR count). The van der Waals surface area contributed by atoms with Gasteiger partial charge in [-0.1, -0.05) is 12.1 Å². The molecular formula is C13H11N5O. The van der Waals surface area contributed by atoms with Crippen molar-refractivity contribution < 1.29 is 4.79 Å². The van der Waals surface area contributed by atoms with Gasteiger partial charge in [0.2, 0.25) is 0 Å². The van der Waals surface area contributed by atoms with Gasteiger partial charge in [-0.25, -0.2) is 0 Å². The zero-order valence-electron chi connectivity index (χ0n) is 9.92. The molecule has 0 fully saturated rings. The van der Waals surface area contributed by atoms with Gasteiger partial charge in [-0.3, -0.25) is 15.0 Å². The molecule has 94 valence electrons. The summed E-state index contributed by atoms with van der Waals surface area (Å²) in [5.41, 5.74) is 3.23. The number of anilines is 1. The Morgan fingerprint density at radius 3 is 2.32 bits per heavy atom. The molecule has 0 aliphatic heterocycles. The number of rotatable bonds is 3. The highest BCUT2D eigenvalue weighted by Gasteiger charge is 2.07. The van der Waals surface area contributed by atoms with E-state index in [2.05, 4.69) is 25.7 Å². The molecule has 3 N–H and O–H groups in total. The number of hydrogen-bond acceptors (Lipinski definition) is 3. The lowest BCUT2D eigenvalue weighted by atomic mass is 10.1. The van der Waals surface area contributed by atoms with Gasteiger partial charge >= 0.3 is 0 Å². The summed E-state index contributed by atoms with van der Waals surface area (Å²) >= 11 is 0. The Labute approximate surface area is 108 Å². The van der Waals surface area contributed by atoms with Crippen molar-refractivity contribution in [3.63, 3.8) is 0 Å². The van der Waals surface area contributed by atoms with E-state index >= 15 is 0 Å². The minimum absolute atomic E-state index is 0.167. The number of hydrogen-bond donors (Lipinski definition) is 3. The van der Waals surface area contributed by atoms with E-state index in [0.717, 1.165) is 11.1 Å². The van der Waals surface area contributed by atoms with Crippen molar-refractivity contribution in [2.75, 3.05) is 5.32 Å². The Hall–Kier alpha value is -2.89.